The van der Waals surface area contributed by atoms with Gasteiger partial charge in [-0.3, -0.25) is 4.79 Å². The number of aromatic nitrogens is 3. The standard InChI is InChI=1S/C26H29F3N6O/c1-30-24-32-22(17-8-4-3-5-9-17)33-25(34-24)35(2)20-14-12-18(13-15-20)23(36)31-16-19-10-6-7-11-21(19)26(27,28)29/h3-11,18,20H,12-16H2,1-2H3,(H,31,36)(H,30,32,33,34). The molecule has 0 spiro atoms. The fraction of sp³-hybridized carbons (Fsp3) is 0.385. The molecule has 10 heteroatoms. The minimum atomic E-state index is -4.45. The number of nitrogens with one attached hydrogen (secondary N) is 2. The second-order valence-corrected chi connectivity index (χ2v) is 8.89. The smallest absolute Gasteiger partial charge is 0.357 e. The molecule has 0 unspecified atom stereocenters. The summed E-state index contributed by atoms with van der Waals surface area (Å²) in [5.41, 5.74) is 0.235. The van der Waals surface area contributed by atoms with Crippen LogP contribution in [0.5, 0.6) is 0 Å². The highest BCUT2D eigenvalue weighted by Gasteiger charge is 2.33. The van der Waals surface area contributed by atoms with Crippen LogP contribution in [0.2, 0.25) is 0 Å². The van der Waals surface area contributed by atoms with Gasteiger partial charge in [-0.15, -0.1) is 0 Å². The van der Waals surface area contributed by atoms with Crippen LogP contribution < -0.4 is 15.5 Å². The highest BCUT2D eigenvalue weighted by Crippen LogP contribution is 2.33. The molecular weight excluding hydrogens is 469 g/mol. The van der Waals surface area contributed by atoms with E-state index in [0.717, 1.165) is 24.5 Å². The molecule has 1 fully saturated rings. The van der Waals surface area contributed by atoms with E-state index in [-0.39, 0.29) is 30.0 Å². The summed E-state index contributed by atoms with van der Waals surface area (Å²) in [5.74, 6) is 1.14. The number of carbonyl (C=O) groups excluding carboxylic acids is 1. The van der Waals surface area contributed by atoms with Gasteiger partial charge in [0.1, 0.15) is 0 Å². The van der Waals surface area contributed by atoms with Gasteiger partial charge in [0.2, 0.25) is 17.8 Å². The lowest BCUT2D eigenvalue weighted by atomic mass is 9.85. The largest absolute Gasteiger partial charge is 0.416 e. The highest BCUT2D eigenvalue weighted by atomic mass is 19.4. The minimum absolute atomic E-state index is 0.0659. The molecule has 1 amide bonds. The predicted molar refractivity (Wildman–Crippen MR) is 132 cm³/mol. The first kappa shape index (κ1) is 25.4. The first-order valence-electron chi connectivity index (χ1n) is 11.9. The fourth-order valence-electron chi connectivity index (χ4n) is 4.52. The summed E-state index contributed by atoms with van der Waals surface area (Å²) in [4.78, 5) is 28.4. The van der Waals surface area contributed by atoms with Gasteiger partial charge in [-0.25, -0.2) is 0 Å². The maximum absolute atomic E-state index is 13.2. The van der Waals surface area contributed by atoms with E-state index in [4.69, 9.17) is 0 Å². The zero-order chi connectivity index (χ0) is 25.7. The number of benzene rings is 2. The van der Waals surface area contributed by atoms with Gasteiger partial charge in [0, 0.05) is 38.2 Å². The summed E-state index contributed by atoms with van der Waals surface area (Å²) in [6.07, 6.45) is -1.69. The average molecular weight is 499 g/mol. The molecule has 0 atom stereocenters. The minimum Gasteiger partial charge on any atom is -0.357 e. The van der Waals surface area contributed by atoms with Crippen LogP contribution in [0.15, 0.2) is 54.6 Å². The van der Waals surface area contributed by atoms with E-state index in [1.807, 2.05) is 42.3 Å². The van der Waals surface area contributed by atoms with Crippen LogP contribution in [-0.4, -0.2) is 41.0 Å². The molecule has 0 bridgehead atoms. The summed E-state index contributed by atoms with van der Waals surface area (Å²) in [6.45, 7) is -0.145. The van der Waals surface area contributed by atoms with E-state index in [1.165, 1.54) is 12.1 Å². The van der Waals surface area contributed by atoms with Gasteiger partial charge in [-0.05, 0) is 37.3 Å². The third kappa shape index (κ3) is 5.92. The van der Waals surface area contributed by atoms with Gasteiger partial charge < -0.3 is 15.5 Å². The van der Waals surface area contributed by atoms with Crippen LogP contribution in [0.4, 0.5) is 25.1 Å². The number of anilines is 2. The number of amides is 1. The lowest BCUT2D eigenvalue weighted by molar-refractivity contribution is -0.138. The van der Waals surface area contributed by atoms with E-state index in [9.17, 15) is 18.0 Å². The van der Waals surface area contributed by atoms with Crippen molar-refractivity contribution >= 4 is 17.8 Å². The molecule has 0 aliphatic heterocycles. The Bertz CT molecular complexity index is 1180. The van der Waals surface area contributed by atoms with Crippen molar-refractivity contribution < 1.29 is 18.0 Å². The number of hydrogen-bond acceptors (Lipinski definition) is 6. The van der Waals surface area contributed by atoms with Gasteiger partial charge in [-0.1, -0.05) is 48.5 Å². The maximum Gasteiger partial charge on any atom is 0.416 e. The van der Waals surface area contributed by atoms with Crippen LogP contribution >= 0.6 is 0 Å². The van der Waals surface area contributed by atoms with E-state index in [2.05, 4.69) is 25.6 Å². The molecule has 190 valence electrons. The number of hydrogen-bond donors (Lipinski definition) is 2. The summed E-state index contributed by atoms with van der Waals surface area (Å²) in [7, 11) is 3.69. The van der Waals surface area contributed by atoms with E-state index in [0.29, 0.717) is 30.6 Å². The monoisotopic (exact) mass is 498 g/mol. The topological polar surface area (TPSA) is 83.0 Å². The highest BCUT2D eigenvalue weighted by molar-refractivity contribution is 5.78. The van der Waals surface area contributed by atoms with Crippen molar-refractivity contribution in [2.45, 2.75) is 44.4 Å². The number of nitrogens with zero attached hydrogens (tertiary/aromatic N) is 4. The second kappa shape index (κ2) is 10.9. The molecule has 7 nitrogen and oxygen atoms in total. The van der Waals surface area contributed by atoms with Gasteiger partial charge in [0.15, 0.2) is 5.82 Å². The Hall–Kier alpha value is -3.69. The molecule has 1 aliphatic carbocycles. The molecule has 0 saturated heterocycles. The Morgan fingerprint density at radius 1 is 0.972 bits per heavy atom. The third-order valence-corrected chi connectivity index (χ3v) is 6.59. The van der Waals surface area contributed by atoms with Crippen molar-refractivity contribution in [1.29, 1.82) is 0 Å². The molecule has 0 radical (unpaired) electrons. The Balaban J connectivity index is 1.37. The summed E-state index contributed by atoms with van der Waals surface area (Å²) >= 11 is 0. The van der Waals surface area contributed by atoms with E-state index >= 15 is 0 Å². The van der Waals surface area contributed by atoms with Crippen LogP contribution in [-0.2, 0) is 17.5 Å². The average Bonchev–Trinajstić information content (AvgIpc) is 2.91. The van der Waals surface area contributed by atoms with Gasteiger partial charge >= 0.3 is 6.18 Å². The maximum atomic E-state index is 13.2. The van der Waals surface area contributed by atoms with Crippen molar-refractivity contribution in [1.82, 2.24) is 20.3 Å². The van der Waals surface area contributed by atoms with Gasteiger partial charge in [0.05, 0.1) is 5.56 Å². The van der Waals surface area contributed by atoms with Crippen molar-refractivity contribution in [3.05, 3.63) is 65.7 Å². The lowest BCUT2D eigenvalue weighted by Crippen LogP contribution is -2.40. The zero-order valence-corrected chi connectivity index (χ0v) is 20.2. The second-order valence-electron chi connectivity index (χ2n) is 8.89. The van der Waals surface area contributed by atoms with Gasteiger partial charge in [-0.2, -0.15) is 28.1 Å². The SMILES string of the molecule is CNc1nc(-c2ccccc2)nc(N(C)C2CCC(C(=O)NCc3ccccc3C(F)(F)F)CC2)n1. The Labute approximate surface area is 208 Å². The fourth-order valence-corrected chi connectivity index (χ4v) is 4.52. The molecule has 2 N–H and O–H groups in total. The third-order valence-electron chi connectivity index (χ3n) is 6.59. The molecule has 3 aromatic rings. The van der Waals surface area contributed by atoms with Gasteiger partial charge in [0.25, 0.3) is 0 Å². The molecule has 1 aliphatic rings. The summed E-state index contributed by atoms with van der Waals surface area (Å²) in [6, 6.07) is 15.1. The molecule has 2 aromatic carbocycles. The van der Waals surface area contributed by atoms with Crippen LogP contribution in [0.1, 0.15) is 36.8 Å². The first-order valence-corrected chi connectivity index (χ1v) is 11.9. The van der Waals surface area contributed by atoms with Crippen LogP contribution in [0.25, 0.3) is 11.4 Å². The Morgan fingerprint density at radius 3 is 2.31 bits per heavy atom. The summed E-state index contributed by atoms with van der Waals surface area (Å²) < 4.78 is 39.7. The lowest BCUT2D eigenvalue weighted by Gasteiger charge is -2.34. The Kier molecular flexibility index (Phi) is 7.71. The Morgan fingerprint density at radius 2 is 1.64 bits per heavy atom. The van der Waals surface area contributed by atoms with Crippen molar-refractivity contribution in [3.63, 3.8) is 0 Å². The van der Waals surface area contributed by atoms with E-state index in [1.54, 1.807) is 13.1 Å². The van der Waals surface area contributed by atoms with Crippen LogP contribution in [0.3, 0.4) is 0 Å². The molecule has 36 heavy (non-hydrogen) atoms. The summed E-state index contributed by atoms with van der Waals surface area (Å²) in [5, 5.41) is 5.69. The predicted octanol–water partition coefficient (Wildman–Crippen LogP) is 4.91. The number of rotatable bonds is 7. The first-order chi connectivity index (χ1) is 17.3. The van der Waals surface area contributed by atoms with Crippen molar-refractivity contribution in [2.75, 3.05) is 24.3 Å². The molecular formula is C26H29F3N6O. The van der Waals surface area contributed by atoms with E-state index < -0.39 is 11.7 Å². The molecule has 4 rings (SSSR count). The zero-order valence-electron chi connectivity index (χ0n) is 20.2. The normalized spacial score (nSPS) is 17.9. The number of alkyl halides is 3. The molecule has 1 saturated carbocycles. The molecule has 1 aromatic heterocycles. The van der Waals surface area contributed by atoms with Crippen LogP contribution in [0, 0.1) is 5.92 Å². The van der Waals surface area contributed by atoms with Crippen molar-refractivity contribution in [2.24, 2.45) is 5.92 Å². The van der Waals surface area contributed by atoms with Crippen molar-refractivity contribution in [3.8, 4) is 11.4 Å². The quantitative estimate of drug-likeness (QED) is 0.482. The molecule has 1 heterocycles. The number of halogens is 3. The number of carbonyl (C=O) groups is 1.